The lowest BCUT2D eigenvalue weighted by molar-refractivity contribution is 0.188. The van der Waals surface area contributed by atoms with Crippen LogP contribution in [0.3, 0.4) is 0 Å². The number of nitrogens with zero attached hydrogens (tertiary/aromatic N) is 5. The van der Waals surface area contributed by atoms with Gasteiger partial charge in [-0.1, -0.05) is 0 Å². The smallest absolute Gasteiger partial charge is 0.189 e. The zero-order valence-electron chi connectivity index (χ0n) is 10.4. The number of ether oxygens (including phenoxy) is 1. The van der Waals surface area contributed by atoms with Gasteiger partial charge in [0.1, 0.15) is 17.7 Å². The number of nitrogens with one attached hydrogen (secondary N) is 2. The van der Waals surface area contributed by atoms with Gasteiger partial charge in [-0.25, -0.2) is 9.97 Å². The van der Waals surface area contributed by atoms with Crippen molar-refractivity contribution < 1.29 is 4.74 Å². The Balaban J connectivity index is 1.91. The molecule has 2 atom stereocenters. The molecule has 0 spiro atoms. The molecular weight excluding hydrogens is 246 g/mol. The Morgan fingerprint density at radius 2 is 2.32 bits per heavy atom. The molecule has 98 valence electrons. The number of imidazole rings is 1. The lowest BCUT2D eigenvalue weighted by Crippen LogP contribution is -2.32. The minimum atomic E-state index is 0.183. The summed E-state index contributed by atoms with van der Waals surface area (Å²) >= 11 is 0. The van der Waals surface area contributed by atoms with Gasteiger partial charge in [-0.2, -0.15) is 0 Å². The van der Waals surface area contributed by atoms with Gasteiger partial charge in [0.05, 0.1) is 25.5 Å². The minimum absolute atomic E-state index is 0.183. The van der Waals surface area contributed by atoms with Crippen molar-refractivity contribution in [3.8, 4) is 0 Å². The van der Waals surface area contributed by atoms with E-state index in [1.54, 1.807) is 12.7 Å². The van der Waals surface area contributed by atoms with Gasteiger partial charge in [0.15, 0.2) is 11.3 Å². The number of fused-ring (bicyclic) bond motifs is 3. The maximum absolute atomic E-state index is 5.52. The van der Waals surface area contributed by atoms with Crippen molar-refractivity contribution in [1.82, 2.24) is 34.9 Å². The van der Waals surface area contributed by atoms with E-state index in [2.05, 4.69) is 30.5 Å². The fraction of sp³-hybridized carbons (Fsp3) is 0.455. The van der Waals surface area contributed by atoms with Crippen LogP contribution in [0.25, 0.3) is 16.8 Å². The van der Waals surface area contributed by atoms with E-state index in [1.165, 1.54) is 0 Å². The number of hydrogen-bond acceptors (Lipinski definition) is 6. The molecule has 4 heterocycles. The molecular formula is C11H13N7O. The first-order chi connectivity index (χ1) is 9.38. The number of likely N-dealkylation sites (N-methyl/N-ethyl adjacent to an activating group) is 1. The summed E-state index contributed by atoms with van der Waals surface area (Å²) in [6.07, 6.45) is 3.33. The van der Waals surface area contributed by atoms with Crippen LogP contribution in [-0.2, 0) is 4.74 Å². The molecule has 19 heavy (non-hydrogen) atoms. The Morgan fingerprint density at radius 3 is 3.21 bits per heavy atom. The summed E-state index contributed by atoms with van der Waals surface area (Å²) in [4.78, 5) is 11.5. The van der Waals surface area contributed by atoms with Gasteiger partial charge in [-0.05, 0) is 7.05 Å². The van der Waals surface area contributed by atoms with E-state index in [0.29, 0.717) is 18.9 Å². The zero-order chi connectivity index (χ0) is 12.8. The standard InChI is InChI=1S/C11H13N7O/c1-12-7-3-19-2-6(7)10-16-17-11-8-9(14-4-13-8)15-5-18(10)11/h4-7,12H,2-3H2,1H3,(H,13,14). The second-order valence-electron chi connectivity index (χ2n) is 4.64. The fourth-order valence-electron chi connectivity index (χ4n) is 2.60. The van der Waals surface area contributed by atoms with Crippen LogP contribution in [0.5, 0.6) is 0 Å². The molecule has 0 amide bonds. The van der Waals surface area contributed by atoms with Gasteiger partial charge in [-0.15, -0.1) is 10.2 Å². The topological polar surface area (TPSA) is 93.0 Å². The highest BCUT2D eigenvalue weighted by molar-refractivity contribution is 5.84. The summed E-state index contributed by atoms with van der Waals surface area (Å²) in [7, 11) is 1.93. The molecule has 3 aromatic heterocycles. The van der Waals surface area contributed by atoms with Gasteiger partial charge in [0.2, 0.25) is 0 Å². The third-order valence-corrected chi connectivity index (χ3v) is 3.64. The van der Waals surface area contributed by atoms with Crippen molar-refractivity contribution in [2.75, 3.05) is 20.3 Å². The number of hydrogen-bond donors (Lipinski definition) is 2. The van der Waals surface area contributed by atoms with Crippen LogP contribution in [0.4, 0.5) is 0 Å². The van der Waals surface area contributed by atoms with Crippen LogP contribution >= 0.6 is 0 Å². The molecule has 0 aliphatic carbocycles. The summed E-state index contributed by atoms with van der Waals surface area (Å²) in [5.74, 6) is 1.05. The molecule has 4 rings (SSSR count). The molecule has 1 saturated heterocycles. The molecule has 1 aliphatic rings. The molecule has 1 aliphatic heterocycles. The largest absolute Gasteiger partial charge is 0.379 e. The van der Waals surface area contributed by atoms with E-state index in [4.69, 9.17) is 4.74 Å². The van der Waals surface area contributed by atoms with Crippen LogP contribution in [-0.4, -0.2) is 55.9 Å². The SMILES string of the molecule is CNC1COCC1c1nnc2c3[nH]cnc3ncn12. The van der Waals surface area contributed by atoms with Gasteiger partial charge >= 0.3 is 0 Å². The first kappa shape index (κ1) is 10.8. The average molecular weight is 259 g/mol. The highest BCUT2D eigenvalue weighted by Gasteiger charge is 2.32. The Kier molecular flexibility index (Phi) is 2.26. The Labute approximate surface area is 108 Å². The van der Waals surface area contributed by atoms with E-state index in [9.17, 15) is 0 Å². The first-order valence-corrected chi connectivity index (χ1v) is 6.16. The highest BCUT2D eigenvalue weighted by Crippen LogP contribution is 2.25. The van der Waals surface area contributed by atoms with Gasteiger partial charge in [0.25, 0.3) is 0 Å². The molecule has 2 unspecified atom stereocenters. The Bertz CT molecular complexity index is 733. The van der Waals surface area contributed by atoms with Crippen molar-refractivity contribution in [3.63, 3.8) is 0 Å². The molecule has 1 fully saturated rings. The van der Waals surface area contributed by atoms with Gasteiger partial charge in [0, 0.05) is 6.04 Å². The zero-order valence-corrected chi connectivity index (χ0v) is 10.4. The lowest BCUT2D eigenvalue weighted by atomic mass is 10.0. The van der Waals surface area contributed by atoms with Gasteiger partial charge < -0.3 is 15.0 Å². The van der Waals surface area contributed by atoms with E-state index in [0.717, 1.165) is 17.0 Å². The van der Waals surface area contributed by atoms with Crippen molar-refractivity contribution in [3.05, 3.63) is 18.5 Å². The molecule has 3 aromatic rings. The maximum atomic E-state index is 5.52. The van der Waals surface area contributed by atoms with Crippen LogP contribution in [0.15, 0.2) is 12.7 Å². The summed E-state index contributed by atoms with van der Waals surface area (Å²) in [6, 6.07) is 0.255. The number of aromatic nitrogens is 6. The van der Waals surface area contributed by atoms with Crippen LogP contribution < -0.4 is 5.32 Å². The predicted molar refractivity (Wildman–Crippen MR) is 66.8 cm³/mol. The first-order valence-electron chi connectivity index (χ1n) is 6.16. The van der Waals surface area contributed by atoms with Crippen LogP contribution in [0.1, 0.15) is 11.7 Å². The molecule has 8 heteroatoms. The van der Waals surface area contributed by atoms with Crippen molar-refractivity contribution in [2.45, 2.75) is 12.0 Å². The van der Waals surface area contributed by atoms with Crippen molar-refractivity contribution in [2.24, 2.45) is 0 Å². The van der Waals surface area contributed by atoms with Crippen molar-refractivity contribution in [1.29, 1.82) is 0 Å². The quantitative estimate of drug-likeness (QED) is 0.656. The van der Waals surface area contributed by atoms with Crippen LogP contribution in [0.2, 0.25) is 0 Å². The molecule has 8 nitrogen and oxygen atoms in total. The Hall–Kier alpha value is -2.06. The third-order valence-electron chi connectivity index (χ3n) is 3.64. The average Bonchev–Trinajstić information content (AvgIpc) is 3.15. The second-order valence-corrected chi connectivity index (χ2v) is 4.64. The molecule has 2 N–H and O–H groups in total. The fourth-order valence-corrected chi connectivity index (χ4v) is 2.60. The van der Waals surface area contributed by atoms with E-state index < -0.39 is 0 Å². The van der Waals surface area contributed by atoms with Crippen molar-refractivity contribution >= 4 is 16.8 Å². The summed E-state index contributed by atoms with van der Waals surface area (Å²) in [6.45, 7) is 1.34. The van der Waals surface area contributed by atoms with E-state index in [-0.39, 0.29) is 12.0 Å². The number of rotatable bonds is 2. The monoisotopic (exact) mass is 259 g/mol. The molecule has 0 bridgehead atoms. The normalized spacial score (nSPS) is 23.6. The number of aromatic amines is 1. The molecule has 0 radical (unpaired) electrons. The lowest BCUT2D eigenvalue weighted by Gasteiger charge is -2.14. The third kappa shape index (κ3) is 1.47. The summed E-state index contributed by atoms with van der Waals surface area (Å²) < 4.78 is 7.43. The highest BCUT2D eigenvalue weighted by atomic mass is 16.5. The van der Waals surface area contributed by atoms with E-state index >= 15 is 0 Å². The molecule has 0 saturated carbocycles. The summed E-state index contributed by atoms with van der Waals surface area (Å²) in [5, 5.41) is 11.8. The Morgan fingerprint density at radius 1 is 1.37 bits per heavy atom. The predicted octanol–water partition coefficient (Wildman–Crippen LogP) is -0.298. The van der Waals surface area contributed by atoms with Gasteiger partial charge in [-0.3, -0.25) is 4.40 Å². The van der Waals surface area contributed by atoms with Crippen LogP contribution in [0, 0.1) is 0 Å². The maximum Gasteiger partial charge on any atom is 0.189 e. The summed E-state index contributed by atoms with van der Waals surface area (Å²) in [5.41, 5.74) is 2.21. The number of H-pyrrole nitrogens is 1. The second kappa shape index (κ2) is 3.97. The minimum Gasteiger partial charge on any atom is -0.379 e. The van der Waals surface area contributed by atoms with E-state index in [1.807, 2.05) is 11.4 Å². The molecule has 0 aromatic carbocycles.